The number of nitro groups is 2. The van der Waals surface area contributed by atoms with E-state index in [4.69, 9.17) is 5.73 Å². The summed E-state index contributed by atoms with van der Waals surface area (Å²) in [5.41, 5.74) is 10.0. The average molecular weight is 551 g/mol. The van der Waals surface area contributed by atoms with Gasteiger partial charge in [-0.1, -0.05) is 48.5 Å². The number of para-hydroxylation sites is 4. The second-order valence-corrected chi connectivity index (χ2v) is 8.30. The average Bonchev–Trinajstić information content (AvgIpc) is 3.59. The van der Waals surface area contributed by atoms with Crippen LogP contribution >= 0.6 is 0 Å². The standard InChI is InChI=1S/C14H10N4O2.C7H7N3.C7H5NO3/c19-18(20)11-5-3-4-10(8-11)9-15-14-16-12-6-1-2-7-13(12)17-14;8-7-9-5-3-1-2-4-6(5)10-7;9-5-6-2-1-3-7(4-6)8(10)11/h1-9H,(H,16,17);1-4H,(H3,8,9,10);1-5H. The zero-order chi connectivity index (χ0) is 29.2. The smallest absolute Gasteiger partial charge is 0.270 e. The SMILES string of the molecule is Nc1nc2ccccc2[nH]1.O=Cc1cccc([N+](=O)[O-])c1.O=[N+]([O-])c1cccc(C=Nc2nc3ccccc3[nH]2)c1. The van der Waals surface area contributed by atoms with E-state index < -0.39 is 9.85 Å². The number of nitrogen functional groups attached to an aromatic ring is 1. The minimum Gasteiger partial charge on any atom is -0.369 e. The second kappa shape index (κ2) is 13.0. The molecule has 6 aromatic rings. The van der Waals surface area contributed by atoms with Gasteiger partial charge in [0.1, 0.15) is 6.29 Å². The van der Waals surface area contributed by atoms with E-state index in [1.54, 1.807) is 18.3 Å². The number of nitrogens with two attached hydrogens (primary N) is 1. The molecule has 0 amide bonds. The first kappa shape index (κ1) is 27.8. The molecule has 0 unspecified atom stereocenters. The molecule has 13 nitrogen and oxygen atoms in total. The molecule has 0 bridgehead atoms. The van der Waals surface area contributed by atoms with Crippen LogP contribution in [0.4, 0.5) is 23.3 Å². The van der Waals surface area contributed by atoms with E-state index in [0.29, 0.717) is 29.3 Å². The summed E-state index contributed by atoms with van der Waals surface area (Å²) in [6.45, 7) is 0. The van der Waals surface area contributed by atoms with E-state index in [2.05, 4.69) is 24.9 Å². The Labute approximate surface area is 231 Å². The van der Waals surface area contributed by atoms with Gasteiger partial charge in [-0.3, -0.25) is 25.0 Å². The summed E-state index contributed by atoms with van der Waals surface area (Å²) in [5, 5.41) is 20.8. The number of aromatic amines is 2. The molecule has 204 valence electrons. The molecular formula is C28H22N8O5. The number of non-ortho nitro benzene ring substituents is 2. The van der Waals surface area contributed by atoms with Gasteiger partial charge < -0.3 is 15.7 Å². The third kappa shape index (κ3) is 7.64. The number of nitro benzene ring substituents is 2. The highest BCUT2D eigenvalue weighted by atomic mass is 16.6. The van der Waals surface area contributed by atoms with Crippen molar-refractivity contribution >= 4 is 57.8 Å². The quantitative estimate of drug-likeness (QED) is 0.104. The number of fused-ring (bicyclic) bond motifs is 2. The number of hydrogen-bond donors (Lipinski definition) is 3. The molecule has 0 aliphatic carbocycles. The maximum absolute atomic E-state index is 10.7. The summed E-state index contributed by atoms with van der Waals surface area (Å²) in [7, 11) is 0. The van der Waals surface area contributed by atoms with Crippen LogP contribution < -0.4 is 5.73 Å². The fourth-order valence-corrected chi connectivity index (χ4v) is 3.54. The molecule has 0 spiro atoms. The van der Waals surface area contributed by atoms with Crippen LogP contribution in [0.1, 0.15) is 15.9 Å². The molecule has 0 saturated heterocycles. The van der Waals surface area contributed by atoms with E-state index in [0.717, 1.165) is 22.1 Å². The molecule has 2 heterocycles. The molecule has 0 saturated carbocycles. The summed E-state index contributed by atoms with van der Waals surface area (Å²) in [5.74, 6) is 0.943. The summed E-state index contributed by atoms with van der Waals surface area (Å²) < 4.78 is 0. The minimum absolute atomic E-state index is 0.0403. The van der Waals surface area contributed by atoms with E-state index in [1.807, 2.05) is 48.5 Å². The number of H-pyrrole nitrogens is 2. The van der Waals surface area contributed by atoms with Crippen LogP contribution in [0, 0.1) is 20.2 Å². The number of carbonyl (C=O) groups excluding carboxylic acids is 1. The number of nitrogens with one attached hydrogen (secondary N) is 2. The number of carbonyl (C=O) groups is 1. The van der Waals surface area contributed by atoms with Crippen molar-refractivity contribution < 1.29 is 14.6 Å². The van der Waals surface area contributed by atoms with Crippen LogP contribution in [0.2, 0.25) is 0 Å². The van der Waals surface area contributed by atoms with Gasteiger partial charge in [0.2, 0.25) is 5.95 Å². The Kier molecular flexibility index (Phi) is 8.82. The van der Waals surface area contributed by atoms with Gasteiger partial charge in [0, 0.05) is 36.0 Å². The predicted octanol–water partition coefficient (Wildman–Crippen LogP) is 5.77. The number of nitrogens with zero attached hydrogens (tertiary/aromatic N) is 5. The summed E-state index contributed by atoms with van der Waals surface area (Å²) >= 11 is 0. The molecule has 6 rings (SSSR count). The van der Waals surface area contributed by atoms with Crippen molar-refractivity contribution in [2.45, 2.75) is 0 Å². The van der Waals surface area contributed by atoms with Crippen molar-refractivity contribution in [3.63, 3.8) is 0 Å². The lowest BCUT2D eigenvalue weighted by atomic mass is 10.2. The topological polar surface area (TPSA) is 199 Å². The van der Waals surface area contributed by atoms with E-state index in [9.17, 15) is 25.0 Å². The van der Waals surface area contributed by atoms with E-state index >= 15 is 0 Å². The lowest BCUT2D eigenvalue weighted by Gasteiger charge is -1.93. The molecule has 4 N–H and O–H groups in total. The Balaban J connectivity index is 0.000000156. The zero-order valence-corrected chi connectivity index (χ0v) is 21.2. The van der Waals surface area contributed by atoms with Gasteiger partial charge in [0.05, 0.1) is 31.9 Å². The molecule has 41 heavy (non-hydrogen) atoms. The fourth-order valence-electron chi connectivity index (χ4n) is 3.54. The molecule has 4 aromatic carbocycles. The van der Waals surface area contributed by atoms with Gasteiger partial charge in [0.25, 0.3) is 11.4 Å². The monoisotopic (exact) mass is 550 g/mol. The third-order valence-corrected chi connectivity index (χ3v) is 5.42. The van der Waals surface area contributed by atoms with Crippen LogP contribution in [-0.2, 0) is 0 Å². The van der Waals surface area contributed by atoms with Gasteiger partial charge in [-0.2, -0.15) is 0 Å². The highest BCUT2D eigenvalue weighted by Gasteiger charge is 2.05. The van der Waals surface area contributed by atoms with Crippen molar-refractivity contribution in [1.82, 2.24) is 19.9 Å². The Bertz CT molecular complexity index is 1800. The van der Waals surface area contributed by atoms with E-state index in [-0.39, 0.29) is 11.4 Å². The number of rotatable bonds is 5. The van der Waals surface area contributed by atoms with E-state index in [1.165, 1.54) is 36.4 Å². The molecule has 13 heteroatoms. The lowest BCUT2D eigenvalue weighted by Crippen LogP contribution is -1.89. The van der Waals surface area contributed by atoms with Gasteiger partial charge >= 0.3 is 0 Å². The minimum atomic E-state index is -0.535. The highest BCUT2D eigenvalue weighted by Crippen LogP contribution is 2.17. The molecular weight excluding hydrogens is 528 g/mol. The Morgan fingerprint density at radius 2 is 1.24 bits per heavy atom. The van der Waals surface area contributed by atoms with Gasteiger partial charge in [-0.05, 0) is 29.8 Å². The van der Waals surface area contributed by atoms with Crippen molar-refractivity contribution in [1.29, 1.82) is 0 Å². The first-order chi connectivity index (χ1) is 19.8. The van der Waals surface area contributed by atoms with Crippen LogP contribution in [-0.4, -0.2) is 42.3 Å². The zero-order valence-electron chi connectivity index (χ0n) is 21.2. The fraction of sp³-hybridized carbons (Fsp3) is 0. The van der Waals surface area contributed by atoms with Crippen molar-refractivity contribution in [3.05, 3.63) is 128 Å². The number of aliphatic imine (C=N–C) groups is 1. The Morgan fingerprint density at radius 1 is 0.707 bits per heavy atom. The number of anilines is 1. The molecule has 0 atom stereocenters. The van der Waals surface area contributed by atoms with Gasteiger partial charge in [-0.15, -0.1) is 0 Å². The number of benzene rings is 4. The van der Waals surface area contributed by atoms with Gasteiger partial charge in [-0.25, -0.2) is 15.0 Å². The number of hydrogen-bond acceptors (Lipinski definition) is 9. The highest BCUT2D eigenvalue weighted by molar-refractivity contribution is 5.84. The maximum atomic E-state index is 10.7. The molecule has 2 aromatic heterocycles. The van der Waals surface area contributed by atoms with Crippen molar-refractivity contribution in [2.24, 2.45) is 4.99 Å². The summed E-state index contributed by atoms with van der Waals surface area (Å²) in [6.07, 6.45) is 2.12. The Morgan fingerprint density at radius 3 is 1.80 bits per heavy atom. The number of aldehydes is 1. The van der Waals surface area contributed by atoms with Crippen molar-refractivity contribution in [3.8, 4) is 0 Å². The molecule has 0 aliphatic rings. The lowest BCUT2D eigenvalue weighted by molar-refractivity contribution is -0.385. The summed E-state index contributed by atoms with van der Waals surface area (Å²) in [6, 6.07) is 27.2. The molecule has 0 aliphatic heterocycles. The first-order valence-electron chi connectivity index (χ1n) is 12.0. The summed E-state index contributed by atoms with van der Waals surface area (Å²) in [4.78, 5) is 48.6. The normalized spacial score (nSPS) is 10.4. The number of imidazole rings is 2. The maximum Gasteiger partial charge on any atom is 0.270 e. The van der Waals surface area contributed by atoms with Crippen molar-refractivity contribution in [2.75, 3.05) is 5.73 Å². The Hall–Kier alpha value is -6.24. The predicted molar refractivity (Wildman–Crippen MR) is 155 cm³/mol. The van der Waals surface area contributed by atoms with Crippen LogP contribution in [0.5, 0.6) is 0 Å². The second-order valence-electron chi connectivity index (χ2n) is 8.30. The molecule has 0 fully saturated rings. The number of aromatic nitrogens is 4. The third-order valence-electron chi connectivity index (χ3n) is 5.42. The van der Waals surface area contributed by atoms with Gasteiger partial charge in [0.15, 0.2) is 5.95 Å². The van der Waals surface area contributed by atoms with Crippen LogP contribution in [0.3, 0.4) is 0 Å². The first-order valence-corrected chi connectivity index (χ1v) is 12.0. The largest absolute Gasteiger partial charge is 0.369 e. The van der Waals surface area contributed by atoms with Crippen LogP contribution in [0.15, 0.2) is 102 Å². The van der Waals surface area contributed by atoms with Crippen LogP contribution in [0.25, 0.3) is 22.1 Å². The molecule has 0 radical (unpaired) electrons.